The number of methoxy groups -OCH3 is 2. The average molecular weight is 533 g/mol. The third-order valence-electron chi connectivity index (χ3n) is 7.02. The van der Waals surface area contributed by atoms with Crippen molar-refractivity contribution in [1.29, 1.82) is 0 Å². The number of hydrogen-bond acceptors (Lipinski definition) is 8. The van der Waals surface area contributed by atoms with E-state index < -0.39 is 47.5 Å². The number of aliphatic hydroxyl groups is 1. The molecule has 8 nitrogen and oxygen atoms in total. The molecule has 4 atom stereocenters. The van der Waals surface area contributed by atoms with Crippen molar-refractivity contribution in [3.05, 3.63) is 95.6 Å². The van der Waals surface area contributed by atoms with Gasteiger partial charge in [-0.1, -0.05) is 66.7 Å². The molecule has 4 unspecified atom stereocenters. The van der Waals surface area contributed by atoms with E-state index in [2.05, 4.69) is 0 Å². The van der Waals surface area contributed by atoms with Crippen molar-refractivity contribution >= 4 is 17.7 Å². The summed E-state index contributed by atoms with van der Waals surface area (Å²) in [6.07, 6.45) is -0.410. The lowest BCUT2D eigenvalue weighted by molar-refractivity contribution is -0.174. The molecule has 0 radical (unpaired) electrons. The van der Waals surface area contributed by atoms with Crippen molar-refractivity contribution in [2.24, 2.45) is 11.8 Å². The maximum Gasteiger partial charge on any atom is 0.317 e. The summed E-state index contributed by atoms with van der Waals surface area (Å²) >= 11 is 0. The quantitative estimate of drug-likeness (QED) is 0.322. The highest BCUT2D eigenvalue weighted by Gasteiger charge is 2.57. The van der Waals surface area contributed by atoms with Gasteiger partial charge in [0.15, 0.2) is 17.3 Å². The lowest BCUT2D eigenvalue weighted by atomic mass is 9.61. The zero-order chi connectivity index (χ0) is 28.0. The van der Waals surface area contributed by atoms with Gasteiger partial charge in [0.25, 0.3) is 0 Å². The number of carbonyl (C=O) groups is 3. The zero-order valence-electron chi connectivity index (χ0n) is 22.2. The normalized spacial score (nSPS) is 22.6. The molecule has 0 bridgehead atoms. The molecule has 0 heterocycles. The molecule has 3 aromatic carbocycles. The van der Waals surface area contributed by atoms with Gasteiger partial charge >= 0.3 is 11.9 Å². The van der Waals surface area contributed by atoms with Crippen LogP contribution >= 0.6 is 0 Å². The Balaban J connectivity index is 1.72. The molecule has 0 aromatic heterocycles. The third kappa shape index (κ3) is 6.29. The summed E-state index contributed by atoms with van der Waals surface area (Å²) in [6.45, 7) is 1.35. The van der Waals surface area contributed by atoms with Gasteiger partial charge < -0.3 is 24.1 Å². The highest BCUT2D eigenvalue weighted by atomic mass is 16.5. The lowest BCUT2D eigenvalue weighted by Gasteiger charge is -2.43. The molecule has 1 fully saturated rings. The summed E-state index contributed by atoms with van der Waals surface area (Å²) in [5, 5.41) is 11.4. The lowest BCUT2D eigenvalue weighted by Crippen LogP contribution is -2.55. The molecular weight excluding hydrogens is 500 g/mol. The number of ketones is 1. The molecule has 0 saturated heterocycles. The molecule has 0 spiro atoms. The molecule has 39 heavy (non-hydrogen) atoms. The predicted octanol–water partition coefficient (Wildman–Crippen LogP) is 4.23. The fourth-order valence-electron chi connectivity index (χ4n) is 5.11. The Bertz CT molecular complexity index is 1300. The molecule has 4 rings (SSSR count). The van der Waals surface area contributed by atoms with Crippen molar-refractivity contribution in [3.8, 4) is 11.5 Å². The van der Waals surface area contributed by atoms with E-state index in [1.165, 1.54) is 21.1 Å². The van der Waals surface area contributed by atoms with Crippen LogP contribution in [0.3, 0.4) is 0 Å². The Morgan fingerprint density at radius 1 is 0.821 bits per heavy atom. The standard InChI is InChI=1S/C31H32O8/c1-31(35)17-23(32)27(29(33)38-18-20-10-6-4-7-11-20)26(22-14-15-24(36-2)25(16-22)37-3)28(31)30(34)39-19-21-12-8-5-9-13-21/h4-16,26-28,35H,17-19H2,1-3H3. The van der Waals surface area contributed by atoms with Gasteiger partial charge in [0.1, 0.15) is 19.1 Å². The number of rotatable bonds is 9. The van der Waals surface area contributed by atoms with E-state index >= 15 is 0 Å². The Morgan fingerprint density at radius 3 is 1.90 bits per heavy atom. The average Bonchev–Trinajstić information content (AvgIpc) is 2.94. The highest BCUT2D eigenvalue weighted by Crippen LogP contribution is 2.48. The second-order valence-corrected chi connectivity index (χ2v) is 9.78. The van der Waals surface area contributed by atoms with Crippen molar-refractivity contribution < 1.29 is 38.4 Å². The largest absolute Gasteiger partial charge is 0.493 e. The fourth-order valence-corrected chi connectivity index (χ4v) is 5.11. The molecule has 204 valence electrons. The molecule has 8 heteroatoms. The number of esters is 2. The van der Waals surface area contributed by atoms with Gasteiger partial charge in [-0.2, -0.15) is 0 Å². The molecule has 3 aromatic rings. The summed E-state index contributed by atoms with van der Waals surface area (Å²) in [4.78, 5) is 40.5. The second-order valence-electron chi connectivity index (χ2n) is 9.78. The van der Waals surface area contributed by atoms with E-state index in [9.17, 15) is 19.5 Å². The Morgan fingerprint density at radius 2 is 1.36 bits per heavy atom. The second kappa shape index (κ2) is 12.1. The van der Waals surface area contributed by atoms with Gasteiger partial charge in [-0.05, 0) is 35.7 Å². The van der Waals surface area contributed by atoms with Gasteiger partial charge in [0.05, 0.1) is 25.7 Å². The minimum atomic E-state index is -1.78. The van der Waals surface area contributed by atoms with Gasteiger partial charge in [0, 0.05) is 12.3 Å². The van der Waals surface area contributed by atoms with E-state index in [4.69, 9.17) is 18.9 Å². The van der Waals surface area contributed by atoms with Crippen LogP contribution in [-0.4, -0.2) is 42.6 Å². The Hall–Kier alpha value is -4.17. The first-order valence-electron chi connectivity index (χ1n) is 12.6. The highest BCUT2D eigenvalue weighted by molar-refractivity contribution is 6.02. The zero-order valence-corrected chi connectivity index (χ0v) is 22.2. The van der Waals surface area contributed by atoms with Crippen LogP contribution in [0.25, 0.3) is 0 Å². The molecule has 1 N–H and O–H groups in total. The first-order chi connectivity index (χ1) is 18.7. The summed E-state index contributed by atoms with van der Waals surface area (Å²) in [6, 6.07) is 23.1. The molecule has 1 saturated carbocycles. The molecular formula is C31H32O8. The van der Waals surface area contributed by atoms with Crippen molar-refractivity contribution in [2.75, 3.05) is 14.2 Å². The summed E-state index contributed by atoms with van der Waals surface area (Å²) in [5.74, 6) is -4.91. The Labute approximate surface area is 227 Å². The molecule has 1 aliphatic carbocycles. The minimum absolute atomic E-state index is 0.0258. The van der Waals surface area contributed by atoms with E-state index in [1.807, 2.05) is 48.5 Å². The number of hydrogen-bond donors (Lipinski definition) is 1. The molecule has 1 aliphatic rings. The SMILES string of the molecule is COc1ccc(C2C(C(=O)OCc3ccccc3)C(=O)CC(C)(O)C2C(=O)OCc2ccccc2)cc1OC. The maximum absolute atomic E-state index is 13.6. The van der Waals surface area contributed by atoms with Crippen LogP contribution < -0.4 is 9.47 Å². The van der Waals surface area contributed by atoms with Crippen LogP contribution in [0.5, 0.6) is 11.5 Å². The van der Waals surface area contributed by atoms with Gasteiger partial charge in [-0.15, -0.1) is 0 Å². The fraction of sp³-hybridized carbons (Fsp3) is 0.323. The van der Waals surface area contributed by atoms with E-state index in [0.717, 1.165) is 11.1 Å². The van der Waals surface area contributed by atoms with Crippen molar-refractivity contribution in [2.45, 2.75) is 38.1 Å². The molecule has 0 amide bonds. The first kappa shape index (κ1) is 27.9. The first-order valence-corrected chi connectivity index (χ1v) is 12.6. The molecule has 0 aliphatic heterocycles. The number of carbonyl (C=O) groups excluding carboxylic acids is 3. The van der Waals surface area contributed by atoms with Crippen molar-refractivity contribution in [3.63, 3.8) is 0 Å². The van der Waals surface area contributed by atoms with Crippen LogP contribution in [0.4, 0.5) is 0 Å². The summed E-state index contributed by atoms with van der Waals surface area (Å²) in [7, 11) is 2.95. The van der Waals surface area contributed by atoms with Crippen LogP contribution in [0.15, 0.2) is 78.9 Å². The van der Waals surface area contributed by atoms with Gasteiger partial charge in [-0.3, -0.25) is 14.4 Å². The van der Waals surface area contributed by atoms with Crippen LogP contribution in [0.1, 0.15) is 36.0 Å². The number of Topliss-reactive ketones (excluding diaryl/α,β-unsaturated/α-hetero) is 1. The summed E-state index contributed by atoms with van der Waals surface area (Å²) in [5.41, 5.74) is 0.171. The van der Waals surface area contributed by atoms with Crippen LogP contribution in [0.2, 0.25) is 0 Å². The minimum Gasteiger partial charge on any atom is -0.493 e. The third-order valence-corrected chi connectivity index (χ3v) is 7.02. The Kier molecular flexibility index (Phi) is 8.66. The van der Waals surface area contributed by atoms with E-state index in [-0.39, 0.29) is 13.2 Å². The smallest absolute Gasteiger partial charge is 0.317 e. The van der Waals surface area contributed by atoms with Gasteiger partial charge in [-0.25, -0.2) is 0 Å². The number of ether oxygens (including phenoxy) is 4. The monoisotopic (exact) mass is 532 g/mol. The number of benzene rings is 3. The van der Waals surface area contributed by atoms with Crippen molar-refractivity contribution in [1.82, 2.24) is 0 Å². The predicted molar refractivity (Wildman–Crippen MR) is 142 cm³/mol. The summed E-state index contributed by atoms with van der Waals surface area (Å²) < 4.78 is 22.0. The van der Waals surface area contributed by atoms with E-state index in [0.29, 0.717) is 17.1 Å². The maximum atomic E-state index is 13.6. The topological polar surface area (TPSA) is 108 Å². The van der Waals surface area contributed by atoms with E-state index in [1.54, 1.807) is 30.3 Å². The van der Waals surface area contributed by atoms with Crippen LogP contribution in [0, 0.1) is 11.8 Å². The van der Waals surface area contributed by atoms with Crippen LogP contribution in [-0.2, 0) is 37.1 Å². The van der Waals surface area contributed by atoms with Gasteiger partial charge in [0.2, 0.25) is 0 Å².